The van der Waals surface area contributed by atoms with Gasteiger partial charge in [-0.25, -0.2) is 0 Å². The first-order chi connectivity index (χ1) is 37.2. The molecule has 1 aliphatic rings. The lowest BCUT2D eigenvalue weighted by Gasteiger charge is -2.40. The van der Waals surface area contributed by atoms with Crippen molar-refractivity contribution in [2.24, 2.45) is 0 Å². The Balaban J connectivity index is 2.22. The van der Waals surface area contributed by atoms with Crippen LogP contribution in [0.3, 0.4) is 0 Å². The van der Waals surface area contributed by atoms with Crippen molar-refractivity contribution in [2.75, 3.05) is 13.2 Å². The molecular weight excluding hydrogens is 955 g/mol. The van der Waals surface area contributed by atoms with Gasteiger partial charge in [-0.3, -0.25) is 4.79 Å². The molecule has 1 saturated heterocycles. The SMILES string of the molecule is CCCCCCCCCC/C=C/CC/C=C/CCCC(O)C(O)C(COC1OC(CO)C(O)C(O)C1O)NC(=O)C(O)CCCCCCCCCCCCCCCCCC/C=C\C/C=C\CCCCCCCCCCC. The van der Waals surface area contributed by atoms with Crippen LogP contribution in [0.15, 0.2) is 48.6 Å². The van der Waals surface area contributed by atoms with Gasteiger partial charge in [0.2, 0.25) is 5.91 Å². The van der Waals surface area contributed by atoms with Crippen molar-refractivity contribution in [1.29, 1.82) is 0 Å². The third-order valence-electron chi connectivity index (χ3n) is 15.3. The summed E-state index contributed by atoms with van der Waals surface area (Å²) < 4.78 is 11.1. The first-order valence-corrected chi connectivity index (χ1v) is 32.0. The van der Waals surface area contributed by atoms with Crippen molar-refractivity contribution < 1.29 is 50.0 Å². The highest BCUT2D eigenvalue weighted by Crippen LogP contribution is 2.23. The molecule has 0 radical (unpaired) electrons. The minimum atomic E-state index is -1.67. The van der Waals surface area contributed by atoms with Crippen molar-refractivity contribution >= 4 is 5.91 Å². The Kier molecular flexibility index (Phi) is 50.9. The topological polar surface area (TPSA) is 189 Å². The van der Waals surface area contributed by atoms with Crippen LogP contribution >= 0.6 is 0 Å². The van der Waals surface area contributed by atoms with E-state index in [1.54, 1.807) is 0 Å². The molecule has 1 amide bonds. The summed E-state index contributed by atoms with van der Waals surface area (Å²) in [5.41, 5.74) is 0. The molecule has 9 unspecified atom stereocenters. The molecule has 8 N–H and O–H groups in total. The Morgan fingerprint density at radius 1 is 0.461 bits per heavy atom. The minimum Gasteiger partial charge on any atom is -0.394 e. The third-order valence-corrected chi connectivity index (χ3v) is 15.3. The monoisotopic (exact) mass is 1080 g/mol. The highest BCUT2D eigenvalue weighted by molar-refractivity contribution is 5.80. The Morgan fingerprint density at radius 2 is 0.829 bits per heavy atom. The maximum Gasteiger partial charge on any atom is 0.249 e. The second-order valence-corrected chi connectivity index (χ2v) is 22.5. The summed E-state index contributed by atoms with van der Waals surface area (Å²) in [4.78, 5) is 13.2. The molecule has 0 spiro atoms. The van der Waals surface area contributed by atoms with E-state index >= 15 is 0 Å². The van der Waals surface area contributed by atoms with Gasteiger partial charge in [-0.1, -0.05) is 255 Å². The van der Waals surface area contributed by atoms with Crippen molar-refractivity contribution in [3.8, 4) is 0 Å². The number of hydrogen-bond donors (Lipinski definition) is 8. The molecule has 0 aromatic carbocycles. The van der Waals surface area contributed by atoms with Crippen LogP contribution in [0.25, 0.3) is 0 Å². The van der Waals surface area contributed by atoms with E-state index in [2.05, 4.69) is 67.8 Å². The summed E-state index contributed by atoms with van der Waals surface area (Å²) in [6.07, 6.45) is 57.6. The number of carbonyl (C=O) groups is 1. The van der Waals surface area contributed by atoms with Crippen molar-refractivity contribution in [1.82, 2.24) is 5.32 Å². The van der Waals surface area contributed by atoms with Crippen LogP contribution in [0.2, 0.25) is 0 Å². The van der Waals surface area contributed by atoms with Crippen LogP contribution < -0.4 is 5.32 Å². The fourth-order valence-electron chi connectivity index (χ4n) is 10.1. The van der Waals surface area contributed by atoms with Gasteiger partial charge in [-0.2, -0.15) is 0 Å². The number of amides is 1. The minimum absolute atomic E-state index is 0.246. The second kappa shape index (κ2) is 53.7. The summed E-state index contributed by atoms with van der Waals surface area (Å²) in [5, 5.41) is 76.2. The molecule has 11 nitrogen and oxygen atoms in total. The van der Waals surface area contributed by atoms with Crippen LogP contribution in [-0.4, -0.2) is 110 Å². The lowest BCUT2D eigenvalue weighted by molar-refractivity contribution is -0.303. The number of unbranched alkanes of at least 4 members (excludes halogenated alkanes) is 35. The molecule has 1 fully saturated rings. The standard InChI is InChI=1S/C65H121NO10/c1-3-5-7-9-11-13-15-17-19-21-22-23-24-25-26-27-28-29-30-31-32-33-34-35-37-39-41-43-45-47-49-51-53-58(69)64(74)66-56(55-75-65-63(73)62(72)61(71)59(54-67)76-65)60(70)57(68)52-50-48-46-44-42-40-38-36-20-18-16-14-12-10-8-6-4-2/h22-23,25-26,36,38,44,46,56-63,65,67-73H,3-21,24,27-35,37,39-43,45,47-55H2,1-2H3,(H,66,74)/b23-22-,26-25-,38-36+,46-44+. The normalized spacial score (nSPS) is 19.9. The lowest BCUT2D eigenvalue weighted by Crippen LogP contribution is -2.60. The van der Waals surface area contributed by atoms with Crippen molar-refractivity contribution in [2.45, 2.75) is 345 Å². The van der Waals surface area contributed by atoms with E-state index in [1.165, 1.54) is 199 Å². The zero-order chi connectivity index (χ0) is 55.4. The summed E-state index contributed by atoms with van der Waals surface area (Å²) in [6, 6.07) is -1.19. The van der Waals surface area contributed by atoms with Gasteiger partial charge in [0.1, 0.15) is 36.6 Å². The van der Waals surface area contributed by atoms with E-state index in [4.69, 9.17) is 9.47 Å². The molecule has 0 aliphatic carbocycles. The highest BCUT2D eigenvalue weighted by Gasteiger charge is 2.44. The number of ether oxygens (including phenoxy) is 2. The summed E-state index contributed by atoms with van der Waals surface area (Å²) in [6.45, 7) is 3.45. The fourth-order valence-corrected chi connectivity index (χ4v) is 10.1. The average Bonchev–Trinajstić information content (AvgIpc) is 3.42. The van der Waals surface area contributed by atoms with Gasteiger partial charge in [0.25, 0.3) is 0 Å². The number of aliphatic hydroxyl groups excluding tert-OH is 7. The molecule has 0 aromatic rings. The first-order valence-electron chi connectivity index (χ1n) is 32.0. The Labute approximate surface area is 466 Å². The zero-order valence-corrected chi connectivity index (χ0v) is 49.0. The number of aliphatic hydroxyl groups is 7. The molecule has 1 rings (SSSR count). The molecular formula is C65H121NO10. The molecule has 76 heavy (non-hydrogen) atoms. The molecule has 0 saturated carbocycles. The molecule has 1 aliphatic heterocycles. The van der Waals surface area contributed by atoms with Crippen LogP contribution in [-0.2, 0) is 14.3 Å². The smallest absolute Gasteiger partial charge is 0.249 e. The molecule has 1 heterocycles. The predicted octanol–water partition coefficient (Wildman–Crippen LogP) is 14.4. The number of allylic oxidation sites excluding steroid dienone is 8. The Hall–Kier alpha value is -1.93. The number of nitrogens with one attached hydrogen (secondary N) is 1. The van der Waals surface area contributed by atoms with Gasteiger partial charge < -0.3 is 50.5 Å². The van der Waals surface area contributed by atoms with Gasteiger partial charge >= 0.3 is 0 Å². The summed E-state index contributed by atoms with van der Waals surface area (Å²) in [7, 11) is 0. The molecule has 11 heteroatoms. The summed E-state index contributed by atoms with van der Waals surface area (Å²) >= 11 is 0. The maximum atomic E-state index is 13.2. The molecule has 0 aromatic heterocycles. The van der Waals surface area contributed by atoms with Crippen LogP contribution in [0, 0.1) is 0 Å². The fraction of sp³-hybridized carbons (Fsp3) is 0.862. The third kappa shape index (κ3) is 41.1. The van der Waals surface area contributed by atoms with Crippen LogP contribution in [0.1, 0.15) is 290 Å². The van der Waals surface area contributed by atoms with Gasteiger partial charge in [0, 0.05) is 0 Å². The predicted molar refractivity (Wildman–Crippen MR) is 316 cm³/mol. The van der Waals surface area contributed by atoms with Crippen LogP contribution in [0.5, 0.6) is 0 Å². The van der Waals surface area contributed by atoms with E-state index in [0.29, 0.717) is 19.3 Å². The van der Waals surface area contributed by atoms with Gasteiger partial charge in [-0.05, 0) is 83.5 Å². The van der Waals surface area contributed by atoms with Gasteiger partial charge in [0.05, 0.1) is 25.4 Å². The first kappa shape index (κ1) is 72.1. The molecule has 9 atom stereocenters. The largest absolute Gasteiger partial charge is 0.394 e. The van der Waals surface area contributed by atoms with Gasteiger partial charge in [-0.15, -0.1) is 0 Å². The van der Waals surface area contributed by atoms with E-state index < -0.39 is 74.2 Å². The Bertz CT molecular complexity index is 1370. The zero-order valence-electron chi connectivity index (χ0n) is 49.0. The van der Waals surface area contributed by atoms with E-state index in [0.717, 1.165) is 44.9 Å². The quantitative estimate of drug-likeness (QED) is 0.0215. The number of hydrogen-bond acceptors (Lipinski definition) is 10. The number of rotatable bonds is 55. The summed E-state index contributed by atoms with van der Waals surface area (Å²) in [5.74, 6) is -0.708. The number of carbonyl (C=O) groups excluding carboxylic acids is 1. The van der Waals surface area contributed by atoms with E-state index in [-0.39, 0.29) is 12.8 Å². The van der Waals surface area contributed by atoms with E-state index in [1.807, 2.05) is 0 Å². The highest BCUT2D eigenvalue weighted by atomic mass is 16.7. The Morgan fingerprint density at radius 3 is 1.25 bits per heavy atom. The maximum absolute atomic E-state index is 13.2. The molecule has 446 valence electrons. The lowest BCUT2D eigenvalue weighted by atomic mass is 9.98. The second-order valence-electron chi connectivity index (χ2n) is 22.5. The van der Waals surface area contributed by atoms with Crippen molar-refractivity contribution in [3.05, 3.63) is 48.6 Å². The average molecular weight is 1080 g/mol. The van der Waals surface area contributed by atoms with Gasteiger partial charge in [0.15, 0.2) is 6.29 Å². The van der Waals surface area contributed by atoms with Crippen molar-refractivity contribution in [3.63, 3.8) is 0 Å². The van der Waals surface area contributed by atoms with Crippen LogP contribution in [0.4, 0.5) is 0 Å². The van der Waals surface area contributed by atoms with E-state index in [9.17, 15) is 40.5 Å². The molecule has 0 bridgehead atoms.